The molecular formula is C18H21N3O2S. The maximum Gasteiger partial charge on any atom is 0.321 e. The lowest BCUT2D eigenvalue weighted by Gasteiger charge is -2.17. The molecule has 3 rings (SSSR count). The molecule has 1 saturated heterocycles. The Morgan fingerprint density at radius 1 is 1.33 bits per heavy atom. The average Bonchev–Trinajstić information content (AvgIpc) is 3.12. The van der Waals surface area contributed by atoms with E-state index in [2.05, 4.69) is 30.5 Å². The number of carbonyl (C=O) groups is 2. The van der Waals surface area contributed by atoms with Crippen LogP contribution in [0.1, 0.15) is 38.6 Å². The molecule has 2 aromatic rings. The van der Waals surface area contributed by atoms with E-state index in [0.29, 0.717) is 18.7 Å². The first-order valence-corrected chi connectivity index (χ1v) is 8.80. The normalized spacial score (nSPS) is 15.3. The molecule has 1 aliphatic rings. The quantitative estimate of drug-likeness (QED) is 0.894. The second-order valence-electron chi connectivity index (χ2n) is 6.00. The zero-order chi connectivity index (χ0) is 17.3. The number of hydrogen-bond donors (Lipinski definition) is 2. The summed E-state index contributed by atoms with van der Waals surface area (Å²) in [6.07, 6.45) is 0. The van der Waals surface area contributed by atoms with E-state index in [1.165, 1.54) is 9.75 Å². The first kappa shape index (κ1) is 16.5. The Morgan fingerprint density at radius 2 is 2.12 bits per heavy atom. The first-order valence-electron chi connectivity index (χ1n) is 7.99. The van der Waals surface area contributed by atoms with E-state index >= 15 is 0 Å². The van der Waals surface area contributed by atoms with Crippen LogP contribution in [0.5, 0.6) is 0 Å². The molecule has 2 heterocycles. The maximum absolute atomic E-state index is 12.6. The van der Waals surface area contributed by atoms with Gasteiger partial charge >= 0.3 is 6.03 Å². The molecule has 6 heteroatoms. The van der Waals surface area contributed by atoms with Crippen molar-refractivity contribution < 1.29 is 9.59 Å². The summed E-state index contributed by atoms with van der Waals surface area (Å²) < 4.78 is 0. The fourth-order valence-electron chi connectivity index (χ4n) is 2.97. The van der Waals surface area contributed by atoms with Gasteiger partial charge in [0.15, 0.2) is 0 Å². The number of benzene rings is 1. The molecule has 0 bridgehead atoms. The number of anilines is 1. The van der Waals surface area contributed by atoms with Crippen LogP contribution in [0.15, 0.2) is 30.3 Å². The number of urea groups is 1. The number of nitrogens with one attached hydrogen (secondary N) is 2. The van der Waals surface area contributed by atoms with Gasteiger partial charge in [-0.1, -0.05) is 6.07 Å². The molecule has 3 amide bonds. The number of rotatable bonds is 4. The van der Waals surface area contributed by atoms with Gasteiger partial charge in [0.1, 0.15) is 0 Å². The summed E-state index contributed by atoms with van der Waals surface area (Å²) in [5.74, 6) is -0.132. The lowest BCUT2D eigenvalue weighted by Crippen LogP contribution is -2.29. The van der Waals surface area contributed by atoms with Crippen LogP contribution in [0.3, 0.4) is 0 Å². The van der Waals surface area contributed by atoms with Gasteiger partial charge in [0.05, 0.1) is 6.04 Å². The third-order valence-electron chi connectivity index (χ3n) is 4.17. The minimum atomic E-state index is -0.132. The molecule has 0 radical (unpaired) electrons. The van der Waals surface area contributed by atoms with Crippen molar-refractivity contribution in [2.75, 3.05) is 18.0 Å². The fourth-order valence-corrected chi connectivity index (χ4v) is 3.99. The Bertz CT molecular complexity index is 784. The van der Waals surface area contributed by atoms with Crippen LogP contribution in [0.25, 0.3) is 0 Å². The predicted molar refractivity (Wildman–Crippen MR) is 96.9 cm³/mol. The third kappa shape index (κ3) is 3.28. The van der Waals surface area contributed by atoms with Gasteiger partial charge in [-0.25, -0.2) is 4.79 Å². The summed E-state index contributed by atoms with van der Waals surface area (Å²) in [7, 11) is 0. The minimum absolute atomic E-state index is 0.0545. The summed E-state index contributed by atoms with van der Waals surface area (Å²) in [6.45, 7) is 7.38. The van der Waals surface area contributed by atoms with Crippen molar-refractivity contribution in [1.82, 2.24) is 10.6 Å². The highest BCUT2D eigenvalue weighted by atomic mass is 32.1. The van der Waals surface area contributed by atoms with E-state index in [1.54, 1.807) is 34.4 Å². The van der Waals surface area contributed by atoms with Crippen molar-refractivity contribution in [2.45, 2.75) is 26.8 Å². The molecule has 1 aromatic carbocycles. The summed E-state index contributed by atoms with van der Waals surface area (Å²) in [5, 5.41) is 5.81. The van der Waals surface area contributed by atoms with E-state index in [0.717, 1.165) is 11.3 Å². The van der Waals surface area contributed by atoms with Gasteiger partial charge in [0.25, 0.3) is 5.91 Å². The molecule has 1 aliphatic heterocycles. The van der Waals surface area contributed by atoms with Crippen molar-refractivity contribution in [3.05, 3.63) is 51.2 Å². The summed E-state index contributed by atoms with van der Waals surface area (Å²) in [6, 6.07) is 9.13. The number of amides is 3. The van der Waals surface area contributed by atoms with Crippen LogP contribution in [-0.4, -0.2) is 25.0 Å². The zero-order valence-corrected chi connectivity index (χ0v) is 14.9. The van der Waals surface area contributed by atoms with E-state index in [-0.39, 0.29) is 18.0 Å². The summed E-state index contributed by atoms with van der Waals surface area (Å²) in [4.78, 5) is 28.5. The molecular weight excluding hydrogens is 322 g/mol. The average molecular weight is 343 g/mol. The molecule has 1 aromatic heterocycles. The molecule has 24 heavy (non-hydrogen) atoms. The molecule has 5 nitrogen and oxygen atoms in total. The lowest BCUT2D eigenvalue weighted by atomic mass is 10.1. The van der Waals surface area contributed by atoms with Crippen LogP contribution < -0.4 is 15.5 Å². The van der Waals surface area contributed by atoms with Crippen LogP contribution >= 0.6 is 11.3 Å². The van der Waals surface area contributed by atoms with Crippen molar-refractivity contribution in [2.24, 2.45) is 0 Å². The van der Waals surface area contributed by atoms with Crippen molar-refractivity contribution in [3.8, 4) is 0 Å². The number of thiophene rings is 1. The van der Waals surface area contributed by atoms with Crippen LogP contribution in [-0.2, 0) is 0 Å². The van der Waals surface area contributed by atoms with Gasteiger partial charge in [-0.3, -0.25) is 9.69 Å². The monoisotopic (exact) mass is 343 g/mol. The van der Waals surface area contributed by atoms with Gasteiger partial charge in [0, 0.05) is 34.1 Å². The highest BCUT2D eigenvalue weighted by Gasteiger charge is 2.22. The van der Waals surface area contributed by atoms with E-state index in [1.807, 2.05) is 13.0 Å². The molecule has 2 N–H and O–H groups in total. The van der Waals surface area contributed by atoms with Crippen molar-refractivity contribution >= 4 is 29.0 Å². The molecule has 126 valence electrons. The highest BCUT2D eigenvalue weighted by molar-refractivity contribution is 7.12. The number of nitrogens with zero attached hydrogens (tertiary/aromatic N) is 1. The molecule has 0 saturated carbocycles. The second kappa shape index (κ2) is 6.65. The van der Waals surface area contributed by atoms with Crippen molar-refractivity contribution in [1.29, 1.82) is 0 Å². The van der Waals surface area contributed by atoms with Gasteiger partial charge in [0.2, 0.25) is 0 Å². The van der Waals surface area contributed by atoms with E-state index < -0.39 is 0 Å². The third-order valence-corrected chi connectivity index (χ3v) is 5.15. The first-order chi connectivity index (χ1) is 11.5. The standard InChI is InChI=1S/C18H21N3O2S/c1-11-9-16(13(3)24-11)12(2)20-17(22)14-5-4-6-15(10-14)21-8-7-19-18(21)23/h4-6,9-10,12H,7-8H2,1-3H3,(H,19,23)(H,20,22)/t12-/m1/s1. The second-order valence-corrected chi connectivity index (χ2v) is 7.46. The van der Waals surface area contributed by atoms with E-state index in [9.17, 15) is 9.59 Å². The molecule has 0 unspecified atom stereocenters. The van der Waals surface area contributed by atoms with Gasteiger partial charge in [-0.15, -0.1) is 11.3 Å². The smallest absolute Gasteiger partial charge is 0.321 e. The van der Waals surface area contributed by atoms with Crippen molar-refractivity contribution in [3.63, 3.8) is 0 Å². The Morgan fingerprint density at radius 3 is 2.75 bits per heavy atom. The topological polar surface area (TPSA) is 61.4 Å². The molecule has 0 aliphatic carbocycles. The van der Waals surface area contributed by atoms with Crippen LogP contribution in [0.2, 0.25) is 0 Å². The SMILES string of the molecule is Cc1cc([C@@H](C)NC(=O)c2cccc(N3CCNC3=O)c2)c(C)s1. The summed E-state index contributed by atoms with van der Waals surface area (Å²) in [5.41, 5.74) is 2.46. The maximum atomic E-state index is 12.6. The number of hydrogen-bond acceptors (Lipinski definition) is 3. The molecule has 1 atom stereocenters. The Kier molecular flexibility index (Phi) is 4.57. The minimum Gasteiger partial charge on any atom is -0.345 e. The zero-order valence-electron chi connectivity index (χ0n) is 14.1. The number of aryl methyl sites for hydroxylation is 2. The fraction of sp³-hybridized carbons (Fsp3) is 0.333. The van der Waals surface area contributed by atoms with Crippen LogP contribution in [0, 0.1) is 13.8 Å². The van der Waals surface area contributed by atoms with Gasteiger partial charge < -0.3 is 10.6 Å². The predicted octanol–water partition coefficient (Wildman–Crippen LogP) is 3.39. The Labute approximate surface area is 145 Å². The largest absolute Gasteiger partial charge is 0.345 e. The van der Waals surface area contributed by atoms with Gasteiger partial charge in [-0.2, -0.15) is 0 Å². The Balaban J connectivity index is 1.75. The number of carbonyl (C=O) groups excluding carboxylic acids is 2. The summed E-state index contributed by atoms with van der Waals surface area (Å²) >= 11 is 1.74. The van der Waals surface area contributed by atoms with Gasteiger partial charge in [-0.05, 0) is 50.6 Å². The van der Waals surface area contributed by atoms with Crippen LogP contribution in [0.4, 0.5) is 10.5 Å². The lowest BCUT2D eigenvalue weighted by molar-refractivity contribution is 0.0940. The highest BCUT2D eigenvalue weighted by Crippen LogP contribution is 2.26. The molecule has 1 fully saturated rings. The molecule has 0 spiro atoms. The Hall–Kier alpha value is -2.34. The van der Waals surface area contributed by atoms with E-state index in [4.69, 9.17) is 0 Å².